The Labute approximate surface area is 184 Å². The maximum Gasteiger partial charge on any atom is 0.250 e. The summed E-state index contributed by atoms with van der Waals surface area (Å²) in [5.74, 6) is 0.571. The Morgan fingerprint density at radius 3 is 2.25 bits per heavy atom. The molecule has 0 spiro atoms. The first-order valence-corrected chi connectivity index (χ1v) is 9.97. The Morgan fingerprint density at radius 1 is 0.781 bits per heavy atom. The first kappa shape index (κ1) is 19.3. The summed E-state index contributed by atoms with van der Waals surface area (Å²) >= 11 is 0. The fourth-order valence-corrected chi connectivity index (χ4v) is 3.50. The number of fused-ring (bicyclic) bond motifs is 1. The first-order valence-electron chi connectivity index (χ1n) is 9.97. The van der Waals surface area contributed by atoms with Crippen LogP contribution in [0.5, 0.6) is 0 Å². The third-order valence-corrected chi connectivity index (χ3v) is 5.06. The molecule has 0 saturated heterocycles. The molecule has 3 N–H and O–H groups in total. The monoisotopic (exact) mass is 418 g/mol. The third kappa shape index (κ3) is 3.75. The van der Waals surface area contributed by atoms with Gasteiger partial charge in [0.05, 0.1) is 16.8 Å². The number of para-hydroxylation sites is 1. The summed E-state index contributed by atoms with van der Waals surface area (Å²) in [5.41, 5.74) is 10.0. The van der Waals surface area contributed by atoms with E-state index in [-0.39, 0.29) is 0 Å². The van der Waals surface area contributed by atoms with Crippen molar-refractivity contribution in [3.63, 3.8) is 0 Å². The second-order valence-electron chi connectivity index (χ2n) is 7.15. The van der Waals surface area contributed by atoms with Crippen molar-refractivity contribution in [3.8, 4) is 22.5 Å². The maximum absolute atomic E-state index is 11.9. The zero-order valence-electron chi connectivity index (χ0n) is 16.9. The number of carbonyl (C=O) groups excluding carboxylic acids is 1. The zero-order chi connectivity index (χ0) is 21.9. The van der Waals surface area contributed by atoms with Gasteiger partial charge < -0.3 is 11.1 Å². The molecular formula is C25H18N6O. The maximum atomic E-state index is 11.9. The van der Waals surface area contributed by atoms with Crippen LogP contribution in [0.4, 0.5) is 11.5 Å². The minimum Gasteiger partial charge on any atom is -0.366 e. The summed E-state index contributed by atoms with van der Waals surface area (Å²) in [6, 6.07) is 20.7. The molecule has 0 aliphatic rings. The van der Waals surface area contributed by atoms with Crippen LogP contribution in [0.3, 0.4) is 0 Å². The van der Waals surface area contributed by atoms with Crippen molar-refractivity contribution in [2.24, 2.45) is 5.73 Å². The van der Waals surface area contributed by atoms with E-state index in [1.54, 1.807) is 36.8 Å². The molecule has 0 radical (unpaired) electrons. The van der Waals surface area contributed by atoms with Gasteiger partial charge in [-0.1, -0.05) is 24.3 Å². The van der Waals surface area contributed by atoms with Crippen LogP contribution in [0.15, 0.2) is 91.5 Å². The van der Waals surface area contributed by atoms with Gasteiger partial charge in [-0.3, -0.25) is 14.8 Å². The summed E-state index contributed by atoms with van der Waals surface area (Å²) in [5, 5.41) is 4.10. The average molecular weight is 418 g/mol. The van der Waals surface area contributed by atoms with Gasteiger partial charge in [0.2, 0.25) is 0 Å². The van der Waals surface area contributed by atoms with Crippen LogP contribution in [0.25, 0.3) is 33.4 Å². The Balaban J connectivity index is 1.71. The second-order valence-corrected chi connectivity index (χ2v) is 7.15. The molecule has 0 fully saturated rings. The molecule has 3 heterocycles. The van der Waals surface area contributed by atoms with E-state index in [0.717, 1.165) is 27.6 Å². The van der Waals surface area contributed by atoms with E-state index < -0.39 is 5.91 Å². The molecule has 1 amide bonds. The molecule has 5 aromatic rings. The fraction of sp³-hybridized carbons (Fsp3) is 0. The van der Waals surface area contributed by atoms with Crippen LogP contribution >= 0.6 is 0 Å². The van der Waals surface area contributed by atoms with Gasteiger partial charge in [0.25, 0.3) is 5.91 Å². The largest absolute Gasteiger partial charge is 0.366 e. The van der Waals surface area contributed by atoms with Crippen molar-refractivity contribution in [1.29, 1.82) is 0 Å². The van der Waals surface area contributed by atoms with Crippen molar-refractivity contribution in [2.75, 3.05) is 5.32 Å². The van der Waals surface area contributed by atoms with Crippen molar-refractivity contribution in [2.45, 2.75) is 0 Å². The summed E-state index contributed by atoms with van der Waals surface area (Å²) in [4.78, 5) is 29.8. The van der Waals surface area contributed by atoms with E-state index in [0.29, 0.717) is 22.9 Å². The molecule has 32 heavy (non-hydrogen) atoms. The smallest absolute Gasteiger partial charge is 0.250 e. The SMILES string of the molecule is NC(=O)c1ccccc1Nc1nc(-c2cccnc2)nc2ccc(-c3cccnc3)cc12. The normalized spacial score (nSPS) is 10.8. The molecule has 0 aliphatic carbocycles. The predicted octanol–water partition coefficient (Wildman–Crippen LogP) is 4.60. The van der Waals surface area contributed by atoms with Gasteiger partial charge in [-0.15, -0.1) is 0 Å². The van der Waals surface area contributed by atoms with E-state index in [1.165, 1.54) is 0 Å². The molecule has 5 rings (SSSR count). The number of carbonyl (C=O) groups is 1. The number of pyridine rings is 2. The zero-order valence-corrected chi connectivity index (χ0v) is 16.9. The molecule has 0 atom stereocenters. The van der Waals surface area contributed by atoms with Crippen LogP contribution in [0.2, 0.25) is 0 Å². The van der Waals surface area contributed by atoms with Crippen molar-refractivity contribution < 1.29 is 4.79 Å². The number of nitrogens with two attached hydrogens (primary N) is 1. The topological polar surface area (TPSA) is 107 Å². The van der Waals surface area contributed by atoms with Crippen molar-refractivity contribution >= 4 is 28.3 Å². The lowest BCUT2D eigenvalue weighted by Gasteiger charge is -2.14. The van der Waals surface area contributed by atoms with Crippen molar-refractivity contribution in [1.82, 2.24) is 19.9 Å². The summed E-state index contributed by atoms with van der Waals surface area (Å²) in [6.07, 6.45) is 6.96. The Bertz CT molecular complexity index is 1420. The molecule has 7 nitrogen and oxygen atoms in total. The van der Waals surface area contributed by atoms with Crippen LogP contribution in [-0.4, -0.2) is 25.8 Å². The molecule has 154 valence electrons. The van der Waals surface area contributed by atoms with E-state index in [4.69, 9.17) is 15.7 Å². The average Bonchev–Trinajstić information content (AvgIpc) is 2.85. The van der Waals surface area contributed by atoms with Gasteiger partial charge in [-0.2, -0.15) is 0 Å². The van der Waals surface area contributed by atoms with Gasteiger partial charge in [0.1, 0.15) is 5.82 Å². The minimum atomic E-state index is -0.519. The lowest BCUT2D eigenvalue weighted by Crippen LogP contribution is -2.13. The molecule has 7 heteroatoms. The number of hydrogen-bond acceptors (Lipinski definition) is 6. The highest BCUT2D eigenvalue weighted by atomic mass is 16.1. The third-order valence-electron chi connectivity index (χ3n) is 5.06. The number of benzene rings is 2. The number of nitrogens with one attached hydrogen (secondary N) is 1. The first-order chi connectivity index (χ1) is 15.7. The Hall–Kier alpha value is -4.65. The molecule has 0 unspecified atom stereocenters. The number of nitrogens with zero attached hydrogens (tertiary/aromatic N) is 4. The van der Waals surface area contributed by atoms with Crippen LogP contribution in [-0.2, 0) is 0 Å². The van der Waals surface area contributed by atoms with Gasteiger partial charge in [-0.25, -0.2) is 9.97 Å². The highest BCUT2D eigenvalue weighted by molar-refractivity contribution is 6.01. The van der Waals surface area contributed by atoms with E-state index >= 15 is 0 Å². The van der Waals surface area contributed by atoms with Gasteiger partial charge in [0, 0.05) is 41.3 Å². The molecule has 2 aromatic carbocycles. The highest BCUT2D eigenvalue weighted by Gasteiger charge is 2.14. The number of primary amides is 1. The predicted molar refractivity (Wildman–Crippen MR) is 124 cm³/mol. The number of hydrogen-bond donors (Lipinski definition) is 2. The summed E-state index contributed by atoms with van der Waals surface area (Å²) in [7, 11) is 0. The Morgan fingerprint density at radius 2 is 1.53 bits per heavy atom. The number of aromatic nitrogens is 4. The quantitative estimate of drug-likeness (QED) is 0.432. The Kier molecular flexibility index (Phi) is 4.97. The fourth-order valence-electron chi connectivity index (χ4n) is 3.50. The minimum absolute atomic E-state index is 0.380. The molecular weight excluding hydrogens is 400 g/mol. The van der Waals surface area contributed by atoms with Crippen LogP contribution < -0.4 is 11.1 Å². The van der Waals surface area contributed by atoms with Crippen molar-refractivity contribution in [3.05, 3.63) is 97.1 Å². The number of anilines is 2. The van der Waals surface area contributed by atoms with Gasteiger partial charge >= 0.3 is 0 Å². The summed E-state index contributed by atoms with van der Waals surface area (Å²) in [6.45, 7) is 0. The standard InChI is InChI=1S/C25H18N6O/c26-23(32)19-7-1-2-8-21(19)30-25-20-13-16(17-5-3-11-27-14-17)9-10-22(20)29-24(31-25)18-6-4-12-28-15-18/h1-15H,(H2,26,32)(H,29,30,31). The molecule has 3 aromatic heterocycles. The number of rotatable bonds is 5. The van der Waals surface area contributed by atoms with Crippen LogP contribution in [0.1, 0.15) is 10.4 Å². The lowest BCUT2D eigenvalue weighted by molar-refractivity contribution is 0.100. The molecule has 0 bridgehead atoms. The lowest BCUT2D eigenvalue weighted by atomic mass is 10.0. The van der Waals surface area contributed by atoms with E-state index in [1.807, 2.05) is 54.7 Å². The molecule has 0 aliphatic heterocycles. The second kappa shape index (κ2) is 8.23. The number of amides is 1. The van der Waals surface area contributed by atoms with Gasteiger partial charge in [-0.05, 0) is 48.0 Å². The highest BCUT2D eigenvalue weighted by Crippen LogP contribution is 2.31. The van der Waals surface area contributed by atoms with Gasteiger partial charge in [0.15, 0.2) is 5.82 Å². The van der Waals surface area contributed by atoms with Crippen LogP contribution in [0, 0.1) is 0 Å². The van der Waals surface area contributed by atoms with E-state index in [9.17, 15) is 4.79 Å². The summed E-state index contributed by atoms with van der Waals surface area (Å²) < 4.78 is 0. The van der Waals surface area contributed by atoms with E-state index in [2.05, 4.69) is 15.3 Å². The molecule has 0 saturated carbocycles.